The standard InChI is InChI=1S/C17H22N6/c1-15-10-17(21-20-15)13-23(12-16-4-2-5-18-11-16)8-3-7-22-9-6-19-14-22/h2,4-6,9-11,14H,3,7-8,12-13H2,1H3,(H,20,21). The molecule has 6 heteroatoms. The van der Waals surface area contributed by atoms with Crippen LogP contribution in [0.4, 0.5) is 0 Å². The molecule has 3 rings (SSSR count). The first-order valence-electron chi connectivity index (χ1n) is 7.87. The molecule has 0 aliphatic rings. The summed E-state index contributed by atoms with van der Waals surface area (Å²) in [5, 5.41) is 7.37. The van der Waals surface area contributed by atoms with Gasteiger partial charge in [-0.25, -0.2) is 4.98 Å². The second-order valence-electron chi connectivity index (χ2n) is 5.77. The molecule has 0 spiro atoms. The molecule has 0 aliphatic heterocycles. The monoisotopic (exact) mass is 310 g/mol. The Morgan fingerprint density at radius 3 is 2.87 bits per heavy atom. The van der Waals surface area contributed by atoms with Crippen molar-refractivity contribution in [2.75, 3.05) is 6.54 Å². The van der Waals surface area contributed by atoms with Crippen molar-refractivity contribution in [1.82, 2.24) is 29.6 Å². The third kappa shape index (κ3) is 4.75. The molecule has 6 nitrogen and oxygen atoms in total. The predicted octanol–water partition coefficient (Wildman–Crippen LogP) is 2.40. The molecular formula is C17H22N6. The fourth-order valence-corrected chi connectivity index (χ4v) is 2.64. The van der Waals surface area contributed by atoms with Crippen molar-refractivity contribution in [3.05, 3.63) is 66.3 Å². The summed E-state index contributed by atoms with van der Waals surface area (Å²) in [6.07, 6.45) is 10.5. The SMILES string of the molecule is Cc1cc(CN(CCCn2ccnc2)Cc2cccnc2)n[nH]1. The fraction of sp³-hybridized carbons (Fsp3) is 0.353. The minimum Gasteiger partial charge on any atom is -0.337 e. The molecule has 1 N–H and O–H groups in total. The molecule has 0 aliphatic carbocycles. The smallest absolute Gasteiger partial charge is 0.0945 e. The van der Waals surface area contributed by atoms with Crippen molar-refractivity contribution >= 4 is 0 Å². The van der Waals surface area contributed by atoms with Gasteiger partial charge in [-0.3, -0.25) is 15.0 Å². The van der Waals surface area contributed by atoms with Gasteiger partial charge in [0.1, 0.15) is 0 Å². The highest BCUT2D eigenvalue weighted by Gasteiger charge is 2.09. The van der Waals surface area contributed by atoms with E-state index in [1.165, 1.54) is 5.56 Å². The summed E-state index contributed by atoms with van der Waals surface area (Å²) in [6.45, 7) is 5.72. The summed E-state index contributed by atoms with van der Waals surface area (Å²) in [5.74, 6) is 0. The Hall–Kier alpha value is -2.47. The van der Waals surface area contributed by atoms with Gasteiger partial charge >= 0.3 is 0 Å². The van der Waals surface area contributed by atoms with Crippen LogP contribution in [0.1, 0.15) is 23.4 Å². The fourth-order valence-electron chi connectivity index (χ4n) is 2.64. The average molecular weight is 310 g/mol. The number of H-pyrrole nitrogens is 1. The summed E-state index contributed by atoms with van der Waals surface area (Å²) >= 11 is 0. The lowest BCUT2D eigenvalue weighted by atomic mass is 10.2. The van der Waals surface area contributed by atoms with E-state index in [1.54, 1.807) is 0 Å². The Labute approximate surface area is 136 Å². The Kier molecular flexibility index (Phi) is 5.16. The zero-order chi connectivity index (χ0) is 15.9. The Bertz CT molecular complexity index is 689. The average Bonchev–Trinajstić information content (AvgIpc) is 3.20. The molecule has 0 aromatic carbocycles. The normalized spacial score (nSPS) is 11.2. The molecule has 0 saturated heterocycles. The Balaban J connectivity index is 1.60. The van der Waals surface area contributed by atoms with Crippen LogP contribution in [-0.4, -0.2) is 36.2 Å². The summed E-state index contributed by atoms with van der Waals surface area (Å²) in [6, 6.07) is 6.20. The van der Waals surface area contributed by atoms with E-state index in [4.69, 9.17) is 0 Å². The van der Waals surface area contributed by atoms with Crippen molar-refractivity contribution in [1.29, 1.82) is 0 Å². The van der Waals surface area contributed by atoms with Gasteiger partial charge < -0.3 is 4.57 Å². The molecule has 0 saturated carbocycles. The van der Waals surface area contributed by atoms with Gasteiger partial charge in [0, 0.05) is 56.7 Å². The van der Waals surface area contributed by atoms with Gasteiger partial charge in [-0.15, -0.1) is 0 Å². The first-order chi connectivity index (χ1) is 11.3. The minimum absolute atomic E-state index is 0.836. The van der Waals surface area contributed by atoms with Crippen LogP contribution in [0.25, 0.3) is 0 Å². The van der Waals surface area contributed by atoms with Gasteiger partial charge in [0.2, 0.25) is 0 Å². The number of pyridine rings is 1. The minimum atomic E-state index is 0.836. The topological polar surface area (TPSA) is 62.6 Å². The maximum absolute atomic E-state index is 4.36. The van der Waals surface area contributed by atoms with E-state index in [0.29, 0.717) is 0 Å². The number of nitrogens with one attached hydrogen (secondary N) is 1. The van der Waals surface area contributed by atoms with Crippen LogP contribution < -0.4 is 0 Å². The Morgan fingerprint density at radius 1 is 1.22 bits per heavy atom. The molecule has 120 valence electrons. The van der Waals surface area contributed by atoms with Crippen LogP contribution >= 0.6 is 0 Å². The van der Waals surface area contributed by atoms with Gasteiger partial charge in [-0.05, 0) is 31.0 Å². The van der Waals surface area contributed by atoms with Gasteiger partial charge in [0.15, 0.2) is 0 Å². The first-order valence-corrected chi connectivity index (χ1v) is 7.87. The first kappa shape index (κ1) is 15.4. The molecule has 0 bridgehead atoms. The maximum Gasteiger partial charge on any atom is 0.0945 e. The number of aromatic nitrogens is 5. The number of hydrogen-bond donors (Lipinski definition) is 1. The number of hydrogen-bond acceptors (Lipinski definition) is 4. The molecule has 3 heterocycles. The van der Waals surface area contributed by atoms with Gasteiger partial charge in [0.25, 0.3) is 0 Å². The zero-order valence-electron chi connectivity index (χ0n) is 13.4. The molecular weight excluding hydrogens is 288 g/mol. The van der Waals surface area contributed by atoms with Crippen molar-refractivity contribution in [2.24, 2.45) is 0 Å². The van der Waals surface area contributed by atoms with E-state index >= 15 is 0 Å². The van der Waals surface area contributed by atoms with Gasteiger partial charge in [-0.1, -0.05) is 6.07 Å². The molecule has 0 radical (unpaired) electrons. The third-order valence-corrected chi connectivity index (χ3v) is 3.72. The number of nitrogens with zero attached hydrogens (tertiary/aromatic N) is 5. The summed E-state index contributed by atoms with van der Waals surface area (Å²) in [5.41, 5.74) is 3.40. The quantitative estimate of drug-likeness (QED) is 0.694. The van der Waals surface area contributed by atoms with Crippen molar-refractivity contribution in [3.63, 3.8) is 0 Å². The van der Waals surface area contributed by atoms with E-state index in [-0.39, 0.29) is 0 Å². The van der Waals surface area contributed by atoms with Gasteiger partial charge in [-0.2, -0.15) is 5.10 Å². The molecule has 3 aromatic rings. The third-order valence-electron chi connectivity index (χ3n) is 3.72. The van der Waals surface area contributed by atoms with Crippen LogP contribution in [0.2, 0.25) is 0 Å². The molecule has 23 heavy (non-hydrogen) atoms. The highest BCUT2D eigenvalue weighted by atomic mass is 15.2. The summed E-state index contributed by atoms with van der Waals surface area (Å²) < 4.78 is 2.11. The highest BCUT2D eigenvalue weighted by Crippen LogP contribution is 2.09. The molecule has 0 fully saturated rings. The lowest BCUT2D eigenvalue weighted by molar-refractivity contribution is 0.245. The molecule has 0 atom stereocenters. The largest absolute Gasteiger partial charge is 0.337 e. The van der Waals surface area contributed by atoms with Crippen LogP contribution in [0.3, 0.4) is 0 Å². The highest BCUT2D eigenvalue weighted by molar-refractivity contribution is 5.10. The van der Waals surface area contributed by atoms with E-state index in [0.717, 1.165) is 44.0 Å². The van der Waals surface area contributed by atoms with E-state index < -0.39 is 0 Å². The maximum atomic E-state index is 4.36. The Morgan fingerprint density at radius 2 is 2.17 bits per heavy atom. The van der Waals surface area contributed by atoms with Crippen molar-refractivity contribution in [3.8, 4) is 0 Å². The predicted molar refractivity (Wildman–Crippen MR) is 88.5 cm³/mol. The molecule has 0 unspecified atom stereocenters. The lowest BCUT2D eigenvalue weighted by Gasteiger charge is -2.21. The van der Waals surface area contributed by atoms with Crippen LogP contribution in [0.15, 0.2) is 49.3 Å². The van der Waals surface area contributed by atoms with E-state index in [2.05, 4.69) is 41.8 Å². The lowest BCUT2D eigenvalue weighted by Crippen LogP contribution is -2.25. The van der Waals surface area contributed by atoms with E-state index in [9.17, 15) is 0 Å². The van der Waals surface area contributed by atoms with Gasteiger partial charge in [0.05, 0.1) is 12.0 Å². The van der Waals surface area contributed by atoms with Crippen LogP contribution in [0, 0.1) is 6.92 Å². The van der Waals surface area contributed by atoms with E-state index in [1.807, 2.05) is 44.1 Å². The zero-order valence-corrected chi connectivity index (χ0v) is 13.4. The number of aromatic amines is 1. The molecule has 0 amide bonds. The number of rotatable bonds is 8. The van der Waals surface area contributed by atoms with Crippen LogP contribution in [-0.2, 0) is 19.6 Å². The number of imidazole rings is 1. The van der Waals surface area contributed by atoms with Crippen molar-refractivity contribution in [2.45, 2.75) is 33.0 Å². The summed E-state index contributed by atoms with van der Waals surface area (Å²) in [7, 11) is 0. The van der Waals surface area contributed by atoms with Crippen molar-refractivity contribution < 1.29 is 0 Å². The summed E-state index contributed by atoms with van der Waals surface area (Å²) in [4.78, 5) is 10.7. The second-order valence-corrected chi connectivity index (χ2v) is 5.77. The molecule has 3 aromatic heterocycles. The van der Waals surface area contributed by atoms with Crippen LogP contribution in [0.5, 0.6) is 0 Å². The second kappa shape index (κ2) is 7.69. The number of aryl methyl sites for hydroxylation is 2.